The fourth-order valence-corrected chi connectivity index (χ4v) is 13.0. The third kappa shape index (κ3) is 14.2. The topological polar surface area (TPSA) is 216 Å². The lowest BCUT2D eigenvalue weighted by Crippen LogP contribution is -2.60. The van der Waals surface area contributed by atoms with Crippen LogP contribution in [0.1, 0.15) is 116 Å². The van der Waals surface area contributed by atoms with Crippen LogP contribution in [0.15, 0.2) is 66.7 Å². The average Bonchev–Trinajstić information content (AvgIpc) is 4.28. The van der Waals surface area contributed by atoms with Crippen molar-refractivity contribution in [2.75, 3.05) is 46.7 Å². The van der Waals surface area contributed by atoms with Crippen LogP contribution in [-0.4, -0.2) is 157 Å². The van der Waals surface area contributed by atoms with Crippen molar-refractivity contribution in [3.05, 3.63) is 77.9 Å². The number of fused-ring (bicyclic) bond motifs is 2. The van der Waals surface area contributed by atoms with Gasteiger partial charge in [-0.2, -0.15) is 0 Å². The van der Waals surface area contributed by atoms with Crippen molar-refractivity contribution in [1.29, 1.82) is 0 Å². The Balaban J connectivity index is 0.946. The van der Waals surface area contributed by atoms with Crippen molar-refractivity contribution >= 4 is 52.9 Å². The van der Waals surface area contributed by atoms with Gasteiger partial charge in [-0.1, -0.05) is 83.5 Å². The number of likely N-dealkylation sites (tertiary alicyclic amines) is 2. The molecule has 4 fully saturated rings. The molecule has 4 N–H and O–H groups in total. The van der Waals surface area contributed by atoms with Crippen LogP contribution in [0.4, 0.5) is 5.69 Å². The van der Waals surface area contributed by atoms with Crippen molar-refractivity contribution in [3.8, 4) is 0 Å². The number of likely N-dealkylation sites (N-methyl/N-ethyl adjacent to an activating group) is 2. The van der Waals surface area contributed by atoms with Crippen LogP contribution >= 0.6 is 0 Å². The maximum atomic E-state index is 14.6. The summed E-state index contributed by atoms with van der Waals surface area (Å²) in [5.41, 5.74) is 2.20. The molecule has 0 aromatic heterocycles. The Morgan fingerprint density at radius 1 is 0.782 bits per heavy atom. The van der Waals surface area contributed by atoms with Gasteiger partial charge in [-0.05, 0) is 112 Å². The lowest BCUT2D eigenvalue weighted by molar-refractivity contribution is -0.148. The van der Waals surface area contributed by atoms with Gasteiger partial charge in [0.05, 0.1) is 42.7 Å². The molecule has 18 heteroatoms. The lowest BCUT2D eigenvalue weighted by Gasteiger charge is -2.41. The molecule has 0 radical (unpaired) electrons. The normalized spacial score (nSPS) is 24.8. The zero-order valence-electron chi connectivity index (χ0n) is 47.4. The number of piperidine rings is 1. The van der Waals surface area contributed by atoms with Crippen LogP contribution in [-0.2, 0) is 60.8 Å². The van der Waals surface area contributed by atoms with E-state index in [9.17, 15) is 38.4 Å². The minimum atomic E-state index is -0.967. The van der Waals surface area contributed by atoms with E-state index in [0.29, 0.717) is 63.5 Å². The average molecular weight is 1080 g/mol. The molecule has 3 heterocycles. The summed E-state index contributed by atoms with van der Waals surface area (Å²) in [6.07, 6.45) is 9.38. The Morgan fingerprint density at radius 2 is 1.46 bits per heavy atom. The molecule has 7 rings (SSSR count). The number of carbonyl (C=O) groups excluding carboxylic acids is 8. The maximum Gasteiger partial charge on any atom is 0.253 e. The number of hydrogen-bond acceptors (Lipinski definition) is 11. The first-order chi connectivity index (χ1) is 37.3. The van der Waals surface area contributed by atoms with Gasteiger partial charge < -0.3 is 40.5 Å². The Bertz CT molecular complexity index is 2440. The molecule has 2 aromatic rings. The van der Waals surface area contributed by atoms with Gasteiger partial charge in [0.15, 0.2) is 0 Å². The lowest BCUT2D eigenvalue weighted by atomic mass is 9.81. The molecule has 2 bridgehead atoms. The predicted octanol–water partition coefficient (Wildman–Crippen LogP) is 5.24. The van der Waals surface area contributed by atoms with Gasteiger partial charge in [0.1, 0.15) is 12.1 Å². The Kier molecular flexibility index (Phi) is 20.9. The number of anilines is 1. The van der Waals surface area contributed by atoms with E-state index in [1.165, 1.54) is 24.2 Å². The summed E-state index contributed by atoms with van der Waals surface area (Å²) in [5, 5.41) is 12.2. The minimum absolute atomic E-state index is 0.0181. The summed E-state index contributed by atoms with van der Waals surface area (Å²) >= 11 is 0. The highest BCUT2D eigenvalue weighted by Gasteiger charge is 2.49. The highest BCUT2D eigenvalue weighted by molar-refractivity contribution is 6.12. The molecule has 18 nitrogen and oxygen atoms in total. The summed E-state index contributed by atoms with van der Waals surface area (Å²) < 4.78 is 12.2. The standard InChI is InChI=1S/C60H86N8O10/c1-10-37(4)53(66(7)60(76)52(36(2)3)64-59(75)54-43-24-27-45(32-43)65(54)6)48(77-8)33-51(71)67-30-14-17-47(67)55(78-9)38(5)56(72)63-46(31-39-15-12-11-13-16-39)58(74)62-44-25-20-40(21-26-44)34-61-57(73)42-22-18-41(19-23-42)35-68-49(69)28-29-50(68)70/h11-13,15-16,20-21,25-26,28-29,36-38,41-43,45-48,52-55H,10,14,17-19,22-24,27,30-35H2,1-9H3,(H,61,73)(H,62,74)(H,63,72)(H,64,75)/t37-,38+,41?,42?,43-,45+,46?,47?,48+,52?,53-,54-,55+/m0/s1. The first-order valence-electron chi connectivity index (χ1n) is 28.5. The number of benzene rings is 2. The van der Waals surface area contributed by atoms with Gasteiger partial charge in [-0.3, -0.25) is 48.2 Å². The largest absolute Gasteiger partial charge is 0.379 e. The number of amides is 8. The first-order valence-corrected chi connectivity index (χ1v) is 28.5. The number of rotatable bonds is 25. The number of carbonyl (C=O) groups is 8. The van der Waals surface area contributed by atoms with Crippen molar-refractivity contribution in [2.45, 2.75) is 167 Å². The zero-order valence-corrected chi connectivity index (χ0v) is 47.4. The molecule has 2 saturated carbocycles. The van der Waals surface area contributed by atoms with E-state index in [1.807, 2.05) is 77.2 Å². The number of ether oxygens (including phenoxy) is 2. The van der Waals surface area contributed by atoms with Crippen LogP contribution in [0, 0.1) is 35.5 Å². The van der Waals surface area contributed by atoms with Gasteiger partial charge in [-0.25, -0.2) is 0 Å². The Hall–Kier alpha value is -5.98. The highest BCUT2D eigenvalue weighted by atomic mass is 16.5. The molecular weight excluding hydrogens is 993 g/mol. The molecule has 5 aliphatic rings. The van der Waals surface area contributed by atoms with Gasteiger partial charge in [-0.15, -0.1) is 0 Å². The minimum Gasteiger partial charge on any atom is -0.379 e. The summed E-state index contributed by atoms with van der Waals surface area (Å²) in [5.74, 6) is -2.66. The van der Waals surface area contributed by atoms with Gasteiger partial charge >= 0.3 is 0 Å². The van der Waals surface area contributed by atoms with Crippen molar-refractivity contribution < 1.29 is 47.8 Å². The smallest absolute Gasteiger partial charge is 0.253 e. The molecule has 2 aliphatic carbocycles. The number of nitrogens with zero attached hydrogens (tertiary/aromatic N) is 4. The van der Waals surface area contributed by atoms with Crippen LogP contribution < -0.4 is 21.3 Å². The number of nitrogens with one attached hydrogen (secondary N) is 4. The van der Waals surface area contributed by atoms with E-state index in [1.54, 1.807) is 43.0 Å². The van der Waals surface area contributed by atoms with E-state index >= 15 is 0 Å². The van der Waals surface area contributed by atoms with E-state index in [-0.39, 0.29) is 83.9 Å². The molecular formula is C60H86N8O10. The quantitative estimate of drug-likeness (QED) is 0.0944. The molecule has 2 saturated heterocycles. The molecule has 8 amide bonds. The molecule has 3 unspecified atom stereocenters. The van der Waals surface area contributed by atoms with Gasteiger partial charge in [0, 0.05) is 77.1 Å². The second-order valence-corrected chi connectivity index (χ2v) is 23.1. The maximum absolute atomic E-state index is 14.6. The van der Waals surface area contributed by atoms with Crippen LogP contribution in [0.2, 0.25) is 0 Å². The third-order valence-corrected chi connectivity index (χ3v) is 17.8. The van der Waals surface area contributed by atoms with E-state index < -0.39 is 54.1 Å². The molecule has 78 heavy (non-hydrogen) atoms. The second-order valence-electron chi connectivity index (χ2n) is 23.1. The van der Waals surface area contributed by atoms with Crippen LogP contribution in [0.5, 0.6) is 0 Å². The summed E-state index contributed by atoms with van der Waals surface area (Å²) in [7, 11) is 6.84. The van der Waals surface area contributed by atoms with E-state index in [4.69, 9.17) is 9.47 Å². The van der Waals surface area contributed by atoms with Crippen molar-refractivity contribution in [1.82, 2.24) is 35.6 Å². The number of methoxy groups -OCH3 is 2. The predicted molar refractivity (Wildman–Crippen MR) is 296 cm³/mol. The zero-order chi connectivity index (χ0) is 56.4. The molecule has 3 aliphatic heterocycles. The van der Waals surface area contributed by atoms with E-state index in [0.717, 1.165) is 43.2 Å². The Morgan fingerprint density at radius 3 is 2.06 bits per heavy atom. The fourth-order valence-electron chi connectivity index (χ4n) is 13.0. The molecule has 426 valence electrons. The number of hydrogen-bond donors (Lipinski definition) is 4. The summed E-state index contributed by atoms with van der Waals surface area (Å²) in [4.78, 5) is 115. The third-order valence-electron chi connectivity index (χ3n) is 17.8. The van der Waals surface area contributed by atoms with Crippen LogP contribution in [0.25, 0.3) is 0 Å². The molecule has 11 atom stereocenters. The fraction of sp³-hybridized carbons (Fsp3) is 0.633. The van der Waals surface area contributed by atoms with Crippen molar-refractivity contribution in [3.63, 3.8) is 0 Å². The second kappa shape index (κ2) is 27.3. The summed E-state index contributed by atoms with van der Waals surface area (Å²) in [6, 6.07) is 14.1. The monoisotopic (exact) mass is 1080 g/mol. The first kappa shape index (κ1) is 59.7. The highest BCUT2D eigenvalue weighted by Crippen LogP contribution is 2.41. The SMILES string of the molecule is CC[C@H](C)[C@@H]([C@@H](CC(=O)N1CCCC1[C@H](OC)[C@@H](C)C(=O)NC(Cc1ccccc1)C(=O)Nc1ccc(CNC(=O)C2CCC(CN3C(=O)C=CC3=O)CC2)cc1)OC)N(C)C(=O)C(NC(=O)[C@@H]1[C@H]2CC[C@H](C2)N1C)C(C)C. The molecule has 0 spiro atoms. The number of imide groups is 1. The van der Waals surface area contributed by atoms with Crippen molar-refractivity contribution in [2.24, 2.45) is 35.5 Å². The summed E-state index contributed by atoms with van der Waals surface area (Å²) in [6.45, 7) is 10.8. The van der Waals surface area contributed by atoms with Crippen LogP contribution in [0.3, 0.4) is 0 Å². The van der Waals surface area contributed by atoms with Gasteiger partial charge in [0.25, 0.3) is 11.8 Å². The van der Waals surface area contributed by atoms with E-state index in [2.05, 4.69) is 26.2 Å². The Labute approximate surface area is 461 Å². The van der Waals surface area contributed by atoms with Gasteiger partial charge in [0.2, 0.25) is 35.4 Å². The molecule has 2 aromatic carbocycles.